The van der Waals surface area contributed by atoms with Crippen LogP contribution in [-0.2, 0) is 9.53 Å². The maximum atomic E-state index is 10.6. The number of ether oxygens (including phenoxy) is 1. The Morgan fingerprint density at radius 2 is 2.00 bits per heavy atom. The molecule has 4 atom stereocenters. The van der Waals surface area contributed by atoms with Gasteiger partial charge in [-0.25, -0.2) is 0 Å². The first-order chi connectivity index (χ1) is 6.02. The lowest BCUT2D eigenvalue weighted by Gasteiger charge is -2.35. The third-order valence-corrected chi connectivity index (χ3v) is 1.89. The van der Waals surface area contributed by atoms with Crippen LogP contribution in [0, 0.1) is 0 Å². The third kappa shape index (κ3) is 2.38. The SMILES string of the molecule is CC(=O)NC1COC(O)C(O)C1O. The zero-order valence-electron chi connectivity index (χ0n) is 7.17. The van der Waals surface area contributed by atoms with Crippen LogP contribution in [0.1, 0.15) is 6.92 Å². The molecule has 0 bridgehead atoms. The van der Waals surface area contributed by atoms with Crippen molar-refractivity contribution in [1.29, 1.82) is 0 Å². The molecule has 6 nitrogen and oxygen atoms in total. The summed E-state index contributed by atoms with van der Waals surface area (Å²) in [6, 6.07) is -0.670. The van der Waals surface area contributed by atoms with E-state index in [-0.39, 0.29) is 12.5 Å². The van der Waals surface area contributed by atoms with E-state index in [1.54, 1.807) is 0 Å². The molecular weight excluding hydrogens is 178 g/mol. The van der Waals surface area contributed by atoms with Gasteiger partial charge in [-0.3, -0.25) is 4.79 Å². The molecule has 0 radical (unpaired) electrons. The highest BCUT2D eigenvalue weighted by molar-refractivity contribution is 5.73. The Bertz CT molecular complexity index is 197. The Labute approximate surface area is 75.1 Å². The van der Waals surface area contributed by atoms with E-state index < -0.39 is 24.5 Å². The van der Waals surface area contributed by atoms with Gasteiger partial charge in [0.1, 0.15) is 12.2 Å². The predicted molar refractivity (Wildman–Crippen MR) is 41.6 cm³/mol. The molecular formula is C7H13NO5. The Hall–Kier alpha value is -0.690. The monoisotopic (exact) mass is 191 g/mol. The zero-order chi connectivity index (χ0) is 10.0. The molecule has 0 saturated carbocycles. The molecule has 6 heteroatoms. The topological polar surface area (TPSA) is 99.0 Å². The summed E-state index contributed by atoms with van der Waals surface area (Å²) in [5.74, 6) is -0.323. The highest BCUT2D eigenvalue weighted by atomic mass is 16.6. The Morgan fingerprint density at radius 3 is 2.54 bits per heavy atom. The standard InChI is InChI=1S/C7H13NO5/c1-3(9)8-4-2-13-7(12)6(11)5(4)10/h4-7,10-12H,2H2,1H3,(H,8,9). The van der Waals surface area contributed by atoms with Gasteiger partial charge in [0, 0.05) is 6.92 Å². The summed E-state index contributed by atoms with van der Waals surface area (Å²) in [6.07, 6.45) is -3.97. The molecule has 76 valence electrons. The zero-order valence-corrected chi connectivity index (χ0v) is 7.17. The molecule has 4 unspecified atom stereocenters. The first-order valence-electron chi connectivity index (χ1n) is 3.95. The van der Waals surface area contributed by atoms with Gasteiger partial charge in [-0.05, 0) is 0 Å². The first-order valence-corrected chi connectivity index (χ1v) is 3.95. The maximum Gasteiger partial charge on any atom is 0.217 e. The average Bonchev–Trinajstić information content (AvgIpc) is 2.06. The van der Waals surface area contributed by atoms with Gasteiger partial charge in [-0.2, -0.15) is 0 Å². The minimum absolute atomic E-state index is 0.0149. The second-order valence-corrected chi connectivity index (χ2v) is 3.01. The third-order valence-electron chi connectivity index (χ3n) is 1.89. The summed E-state index contributed by atoms with van der Waals surface area (Å²) in [4.78, 5) is 10.6. The summed E-state index contributed by atoms with van der Waals surface area (Å²) in [5, 5.41) is 29.9. The molecule has 0 aromatic rings. The summed E-state index contributed by atoms with van der Waals surface area (Å²) in [7, 11) is 0. The van der Waals surface area contributed by atoms with Gasteiger partial charge in [0.25, 0.3) is 0 Å². The molecule has 1 aliphatic heterocycles. The van der Waals surface area contributed by atoms with E-state index in [2.05, 4.69) is 5.32 Å². The quantitative estimate of drug-likeness (QED) is 0.369. The normalized spacial score (nSPS) is 40.0. The van der Waals surface area contributed by atoms with Crippen molar-refractivity contribution < 1.29 is 24.9 Å². The van der Waals surface area contributed by atoms with E-state index in [0.29, 0.717) is 0 Å². The van der Waals surface area contributed by atoms with E-state index in [1.807, 2.05) is 0 Å². The van der Waals surface area contributed by atoms with E-state index >= 15 is 0 Å². The van der Waals surface area contributed by atoms with Crippen LogP contribution in [0.5, 0.6) is 0 Å². The van der Waals surface area contributed by atoms with Gasteiger partial charge in [0.2, 0.25) is 5.91 Å². The van der Waals surface area contributed by atoms with E-state index in [0.717, 1.165) is 0 Å². The van der Waals surface area contributed by atoms with Crippen molar-refractivity contribution in [2.45, 2.75) is 31.5 Å². The van der Waals surface area contributed by atoms with Gasteiger partial charge in [0.15, 0.2) is 6.29 Å². The fourth-order valence-corrected chi connectivity index (χ4v) is 1.19. The van der Waals surface area contributed by atoms with Gasteiger partial charge in [0.05, 0.1) is 12.6 Å². The molecule has 1 amide bonds. The maximum absolute atomic E-state index is 10.6. The minimum Gasteiger partial charge on any atom is -0.388 e. The van der Waals surface area contributed by atoms with Crippen molar-refractivity contribution in [1.82, 2.24) is 5.32 Å². The molecule has 1 aliphatic rings. The van der Waals surface area contributed by atoms with Crippen LogP contribution in [0.2, 0.25) is 0 Å². The summed E-state index contributed by atoms with van der Waals surface area (Å²) in [5.41, 5.74) is 0. The van der Waals surface area contributed by atoms with Crippen molar-refractivity contribution in [2.75, 3.05) is 6.61 Å². The number of aliphatic hydroxyl groups excluding tert-OH is 3. The van der Waals surface area contributed by atoms with Crippen LogP contribution in [0.25, 0.3) is 0 Å². The lowest BCUT2D eigenvalue weighted by Crippen LogP contribution is -2.58. The van der Waals surface area contributed by atoms with Crippen LogP contribution in [0.3, 0.4) is 0 Å². The van der Waals surface area contributed by atoms with E-state index in [4.69, 9.17) is 14.9 Å². The van der Waals surface area contributed by atoms with Crippen LogP contribution in [-0.4, -0.2) is 52.4 Å². The Balaban J connectivity index is 2.53. The molecule has 4 N–H and O–H groups in total. The molecule has 1 rings (SSSR count). The highest BCUT2D eigenvalue weighted by Gasteiger charge is 2.37. The Kier molecular flexibility index (Phi) is 3.21. The molecule has 1 heterocycles. The second kappa shape index (κ2) is 4.01. The lowest BCUT2D eigenvalue weighted by molar-refractivity contribution is -0.229. The van der Waals surface area contributed by atoms with Crippen molar-refractivity contribution in [2.24, 2.45) is 0 Å². The van der Waals surface area contributed by atoms with Gasteiger partial charge in [-0.1, -0.05) is 0 Å². The highest BCUT2D eigenvalue weighted by Crippen LogP contribution is 2.13. The fourth-order valence-electron chi connectivity index (χ4n) is 1.19. The fraction of sp³-hybridized carbons (Fsp3) is 0.857. The molecule has 1 fully saturated rings. The predicted octanol–water partition coefficient (Wildman–Crippen LogP) is -2.44. The molecule has 13 heavy (non-hydrogen) atoms. The molecule has 0 spiro atoms. The van der Waals surface area contributed by atoms with Crippen molar-refractivity contribution in [3.63, 3.8) is 0 Å². The van der Waals surface area contributed by atoms with Gasteiger partial charge in [-0.15, -0.1) is 0 Å². The summed E-state index contributed by atoms with van der Waals surface area (Å²) < 4.78 is 4.70. The number of aliphatic hydroxyl groups is 3. The van der Waals surface area contributed by atoms with E-state index in [1.165, 1.54) is 6.92 Å². The number of hydrogen-bond donors (Lipinski definition) is 4. The van der Waals surface area contributed by atoms with Crippen LogP contribution in [0.15, 0.2) is 0 Å². The van der Waals surface area contributed by atoms with E-state index in [9.17, 15) is 9.90 Å². The largest absolute Gasteiger partial charge is 0.388 e. The van der Waals surface area contributed by atoms with Gasteiger partial charge < -0.3 is 25.4 Å². The number of rotatable bonds is 1. The van der Waals surface area contributed by atoms with Crippen LogP contribution >= 0.6 is 0 Å². The summed E-state index contributed by atoms with van der Waals surface area (Å²) in [6.45, 7) is 1.28. The van der Waals surface area contributed by atoms with Crippen molar-refractivity contribution >= 4 is 5.91 Å². The van der Waals surface area contributed by atoms with Gasteiger partial charge >= 0.3 is 0 Å². The average molecular weight is 191 g/mol. The number of nitrogens with one attached hydrogen (secondary N) is 1. The molecule has 0 aromatic carbocycles. The number of carbonyl (C=O) groups is 1. The number of hydrogen-bond acceptors (Lipinski definition) is 5. The number of carbonyl (C=O) groups excluding carboxylic acids is 1. The number of amides is 1. The minimum atomic E-state index is -1.39. The first kappa shape index (κ1) is 10.4. The Morgan fingerprint density at radius 1 is 1.38 bits per heavy atom. The lowest BCUT2D eigenvalue weighted by atomic mass is 10.0. The second-order valence-electron chi connectivity index (χ2n) is 3.01. The van der Waals surface area contributed by atoms with Crippen molar-refractivity contribution in [3.8, 4) is 0 Å². The smallest absolute Gasteiger partial charge is 0.217 e. The van der Waals surface area contributed by atoms with Crippen LogP contribution < -0.4 is 5.32 Å². The summed E-state index contributed by atoms with van der Waals surface area (Å²) >= 11 is 0. The van der Waals surface area contributed by atoms with Crippen LogP contribution in [0.4, 0.5) is 0 Å². The van der Waals surface area contributed by atoms with Crippen molar-refractivity contribution in [3.05, 3.63) is 0 Å². The molecule has 1 saturated heterocycles. The molecule has 0 aromatic heterocycles. The molecule has 0 aliphatic carbocycles.